The van der Waals surface area contributed by atoms with Crippen molar-refractivity contribution in [1.29, 1.82) is 0 Å². The Bertz CT molecular complexity index is 5360. The summed E-state index contributed by atoms with van der Waals surface area (Å²) in [6.45, 7) is -0.524. The molecule has 13 aromatic carbocycles. The number of fused-ring (bicyclic) bond motifs is 11. The SMILES string of the molecule is [2H]c1c([2H])c([2H])c2c(c1[2H])c1c([2H])c([2H])c([2H])c([2H])c1n2-c1cc2c3c(c1)N(c1ccccc1)c1cc4c(cc1B3c1ccccc1S2)B1c2ccccc2Sc2cc(C(c3ccccc3)c3ccccc3)cc(c21)N4c1c(-c2ccccc2)cccc1-c1ccccc1. The zero-order valence-corrected chi connectivity index (χ0v) is 47.8. The second kappa shape index (κ2) is 19.9. The second-order valence-corrected chi connectivity index (χ2v) is 24.6. The van der Waals surface area contributed by atoms with Gasteiger partial charge < -0.3 is 14.4 Å². The first-order chi connectivity index (χ1) is 46.0. The van der Waals surface area contributed by atoms with E-state index in [9.17, 15) is 5.48 Å². The molecule has 0 radical (unpaired) electrons. The fourth-order valence-corrected chi connectivity index (χ4v) is 16.7. The third-order valence-electron chi connectivity index (χ3n) is 17.8. The summed E-state index contributed by atoms with van der Waals surface area (Å²) in [5.41, 5.74) is 21.2. The smallest absolute Gasteiger partial charge is 0.249 e. The summed E-state index contributed by atoms with van der Waals surface area (Å²) in [5, 5.41) is 0.0667. The Morgan fingerprint density at radius 3 is 1.36 bits per heavy atom. The van der Waals surface area contributed by atoms with Crippen LogP contribution in [0.3, 0.4) is 0 Å². The van der Waals surface area contributed by atoms with Gasteiger partial charge in [-0.2, -0.15) is 0 Å². The zero-order valence-electron chi connectivity index (χ0n) is 54.1. The topological polar surface area (TPSA) is 11.4 Å². The Morgan fingerprint density at radius 1 is 0.337 bits per heavy atom. The number of hydrogen-bond acceptors (Lipinski definition) is 4. The van der Waals surface area contributed by atoms with Crippen LogP contribution in [-0.2, 0) is 0 Å². The summed E-state index contributed by atoms with van der Waals surface area (Å²) < 4.78 is 75.7. The van der Waals surface area contributed by atoms with E-state index in [1.54, 1.807) is 16.3 Å². The Labute approximate surface area is 521 Å². The van der Waals surface area contributed by atoms with Crippen LogP contribution < -0.4 is 42.6 Å². The van der Waals surface area contributed by atoms with Crippen LogP contribution in [0, 0.1) is 0 Å². The first-order valence-corrected chi connectivity index (χ1v) is 30.7. The third-order valence-corrected chi connectivity index (χ3v) is 20.1. The van der Waals surface area contributed by atoms with Crippen molar-refractivity contribution < 1.29 is 11.0 Å². The molecule has 0 aliphatic carbocycles. The van der Waals surface area contributed by atoms with Crippen molar-refractivity contribution in [2.45, 2.75) is 25.5 Å². The van der Waals surface area contributed by atoms with Crippen molar-refractivity contribution in [1.82, 2.24) is 4.57 Å². The number of aromatic nitrogens is 1. The maximum Gasteiger partial charge on any atom is 0.249 e. The highest BCUT2D eigenvalue weighted by Crippen LogP contribution is 2.53. The summed E-state index contributed by atoms with van der Waals surface area (Å²) in [6.07, 6.45) is 0. The maximum absolute atomic E-state index is 9.63. The van der Waals surface area contributed by atoms with Crippen LogP contribution in [0.2, 0.25) is 0 Å². The van der Waals surface area contributed by atoms with Gasteiger partial charge in [0.05, 0.1) is 27.7 Å². The van der Waals surface area contributed by atoms with E-state index in [2.05, 4.69) is 259 Å². The van der Waals surface area contributed by atoms with E-state index >= 15 is 0 Å². The number of para-hydroxylation sites is 4. The van der Waals surface area contributed by atoms with Gasteiger partial charge in [0, 0.05) is 81.5 Å². The first kappa shape index (κ1) is 42.0. The Balaban J connectivity index is 0.992. The van der Waals surface area contributed by atoms with Gasteiger partial charge in [-0.1, -0.05) is 271 Å². The lowest BCUT2D eigenvalue weighted by Gasteiger charge is -2.45. The average Bonchev–Trinajstić information content (AvgIpc) is 0.994. The van der Waals surface area contributed by atoms with Gasteiger partial charge in [0.1, 0.15) is 0 Å². The molecular formula is C79H51B2N3S2. The molecule has 14 aromatic rings. The monoisotopic (exact) mass is 1140 g/mol. The highest BCUT2D eigenvalue weighted by Gasteiger charge is 2.47. The van der Waals surface area contributed by atoms with E-state index in [-0.39, 0.29) is 65.3 Å². The molecular weight excluding hydrogens is 1080 g/mol. The minimum absolute atomic E-state index is 0.0333. The van der Waals surface area contributed by atoms with Gasteiger partial charge in [0.25, 0.3) is 0 Å². The lowest BCUT2D eigenvalue weighted by molar-refractivity contribution is 0.970. The minimum atomic E-state index is -0.483. The highest BCUT2D eigenvalue weighted by atomic mass is 32.2. The van der Waals surface area contributed by atoms with Crippen LogP contribution >= 0.6 is 23.5 Å². The van der Waals surface area contributed by atoms with Crippen molar-refractivity contribution in [3.63, 3.8) is 0 Å². The standard InChI is InChI=1S/C79H51B2N3S2/c1-6-25-51(26-7-1)58-37-24-38-59(52-27-8-2-9-28-52)79(58)84-69-50-68-64(49-65(69)81-62-39-18-22-43-72(62)85-74-46-55(45-70(84)77(74)81)76(53-29-10-3-11-30-53)54-31-12-4-13-32-54)80-63-40-19-23-44-73(63)86-75-48-57(47-71(78(75)80)82(68)56-33-14-5-15-34-56)83-66-41-20-16-35-60(66)61-36-17-21-42-67(61)83/h1-50,76H/i16D,17D,20D,21D,35D,36D,41D,42D. The van der Waals surface area contributed by atoms with E-state index in [1.807, 2.05) is 17.8 Å². The summed E-state index contributed by atoms with van der Waals surface area (Å²) in [7, 11) is 0. The van der Waals surface area contributed by atoms with E-state index in [4.69, 9.17) is 5.48 Å². The molecule has 0 saturated heterocycles. The fourth-order valence-electron chi connectivity index (χ4n) is 14.3. The summed E-state index contributed by atoms with van der Waals surface area (Å²) in [4.78, 5) is 9.31. The van der Waals surface area contributed by atoms with Gasteiger partial charge in [-0.25, -0.2) is 0 Å². The van der Waals surface area contributed by atoms with E-state index in [0.29, 0.717) is 5.69 Å². The van der Waals surface area contributed by atoms with Gasteiger partial charge in [0.15, 0.2) is 0 Å². The lowest BCUT2D eigenvalue weighted by atomic mass is 9.31. The highest BCUT2D eigenvalue weighted by molar-refractivity contribution is 8.00. The summed E-state index contributed by atoms with van der Waals surface area (Å²) in [5.74, 6) is -0.127. The molecule has 4 aliphatic heterocycles. The normalized spacial score (nSPS) is 14.6. The van der Waals surface area contributed by atoms with E-state index in [1.165, 1.54) is 31.8 Å². The van der Waals surface area contributed by atoms with Crippen LogP contribution in [0.15, 0.2) is 323 Å². The van der Waals surface area contributed by atoms with Gasteiger partial charge in [-0.3, -0.25) is 0 Å². The number of hydrogen-bond donors (Lipinski definition) is 0. The molecule has 0 atom stereocenters. The molecule has 18 rings (SSSR count). The first-order valence-electron chi connectivity index (χ1n) is 33.1. The molecule has 3 nitrogen and oxygen atoms in total. The quantitative estimate of drug-likeness (QED) is 0.111. The molecule has 7 heteroatoms. The number of nitrogens with zero attached hydrogens (tertiary/aromatic N) is 3. The largest absolute Gasteiger partial charge is 0.311 e. The summed E-state index contributed by atoms with van der Waals surface area (Å²) in [6, 6.07) is 88.6. The van der Waals surface area contributed by atoms with Crippen molar-refractivity contribution in [3.05, 3.63) is 320 Å². The third kappa shape index (κ3) is 7.61. The summed E-state index contributed by atoms with van der Waals surface area (Å²) >= 11 is 3.49. The van der Waals surface area contributed by atoms with Crippen molar-refractivity contribution in [2.24, 2.45) is 0 Å². The molecule has 4 aliphatic rings. The molecule has 400 valence electrons. The molecule has 5 heterocycles. The Morgan fingerprint density at radius 2 is 0.802 bits per heavy atom. The molecule has 0 N–H and O–H groups in total. The maximum atomic E-state index is 9.63. The average molecular weight is 1140 g/mol. The van der Waals surface area contributed by atoms with Crippen LogP contribution in [0.25, 0.3) is 49.7 Å². The van der Waals surface area contributed by atoms with Crippen LogP contribution in [0.4, 0.5) is 34.1 Å². The van der Waals surface area contributed by atoms with Gasteiger partial charge in [-0.05, 0) is 116 Å². The van der Waals surface area contributed by atoms with Crippen LogP contribution in [-0.4, -0.2) is 18.0 Å². The molecule has 0 spiro atoms. The predicted octanol–water partition coefficient (Wildman–Crippen LogP) is 16.8. The molecule has 0 unspecified atom stereocenters. The molecule has 0 saturated carbocycles. The second-order valence-electron chi connectivity index (χ2n) is 22.4. The van der Waals surface area contributed by atoms with Crippen molar-refractivity contribution in [2.75, 3.05) is 9.80 Å². The number of anilines is 6. The van der Waals surface area contributed by atoms with Gasteiger partial charge in [0.2, 0.25) is 13.4 Å². The number of benzene rings is 13. The van der Waals surface area contributed by atoms with Gasteiger partial charge in [-0.15, -0.1) is 0 Å². The van der Waals surface area contributed by atoms with E-state index in [0.717, 1.165) is 93.6 Å². The van der Waals surface area contributed by atoms with Crippen LogP contribution in [0.5, 0.6) is 0 Å². The lowest BCUT2D eigenvalue weighted by Crippen LogP contribution is -2.64. The van der Waals surface area contributed by atoms with Crippen molar-refractivity contribution >= 4 is 126 Å². The molecule has 0 fully saturated rings. The fraction of sp³-hybridized carbons (Fsp3) is 0.0127. The molecule has 0 bridgehead atoms. The predicted molar refractivity (Wildman–Crippen MR) is 365 cm³/mol. The van der Waals surface area contributed by atoms with E-state index < -0.39 is 24.2 Å². The van der Waals surface area contributed by atoms with Crippen LogP contribution in [0.1, 0.15) is 33.6 Å². The molecule has 1 aromatic heterocycles. The molecule has 0 amide bonds. The minimum Gasteiger partial charge on any atom is -0.311 e. The Kier molecular flexibility index (Phi) is 9.69. The number of rotatable bonds is 8. The van der Waals surface area contributed by atoms with Crippen molar-refractivity contribution in [3.8, 4) is 27.9 Å². The molecule has 86 heavy (non-hydrogen) atoms. The van der Waals surface area contributed by atoms with Gasteiger partial charge >= 0.3 is 0 Å². The Hall–Kier alpha value is -9.91. The zero-order chi connectivity index (χ0) is 63.4.